The van der Waals surface area contributed by atoms with Gasteiger partial charge in [-0.05, 0) is 25.0 Å². The molecule has 6 heteroatoms. The fourth-order valence-corrected chi connectivity index (χ4v) is 2.21. The maximum absolute atomic E-state index is 12.1. The van der Waals surface area contributed by atoms with Crippen LogP contribution in [0, 0.1) is 0 Å². The summed E-state index contributed by atoms with van der Waals surface area (Å²) < 4.78 is 15.9. The molecule has 1 fully saturated rings. The van der Waals surface area contributed by atoms with Gasteiger partial charge in [0.1, 0.15) is 6.10 Å². The van der Waals surface area contributed by atoms with E-state index in [-0.39, 0.29) is 12.0 Å². The van der Waals surface area contributed by atoms with Crippen LogP contribution in [0.3, 0.4) is 0 Å². The van der Waals surface area contributed by atoms with Gasteiger partial charge in [-0.25, -0.2) is 0 Å². The summed E-state index contributed by atoms with van der Waals surface area (Å²) in [4.78, 5) is 12.1. The summed E-state index contributed by atoms with van der Waals surface area (Å²) in [7, 11) is 3.12. The number of ether oxygens (including phenoxy) is 3. The molecule has 2 unspecified atom stereocenters. The largest absolute Gasteiger partial charge is 0.493 e. The zero-order chi connectivity index (χ0) is 14.5. The summed E-state index contributed by atoms with van der Waals surface area (Å²) in [5.41, 5.74) is 6.18. The quantitative estimate of drug-likeness (QED) is 0.845. The Hall–Kier alpha value is -1.79. The topological polar surface area (TPSA) is 82.8 Å². The maximum atomic E-state index is 12.1. The van der Waals surface area contributed by atoms with Crippen LogP contribution in [-0.2, 0) is 9.53 Å². The molecule has 0 aromatic heterocycles. The number of carbonyl (C=O) groups excluding carboxylic acids is 1. The molecular weight excluding hydrogens is 260 g/mol. The minimum Gasteiger partial charge on any atom is -0.493 e. The fourth-order valence-electron chi connectivity index (χ4n) is 2.21. The zero-order valence-electron chi connectivity index (χ0n) is 11.7. The fraction of sp³-hybridized carbons (Fsp3) is 0.500. The number of carbonyl (C=O) groups is 1. The monoisotopic (exact) mass is 280 g/mol. The molecule has 1 amide bonds. The maximum Gasteiger partial charge on any atom is 0.253 e. The predicted molar refractivity (Wildman–Crippen MR) is 75.1 cm³/mol. The third kappa shape index (κ3) is 3.20. The molecule has 20 heavy (non-hydrogen) atoms. The second-order valence-electron chi connectivity index (χ2n) is 4.62. The van der Waals surface area contributed by atoms with Crippen molar-refractivity contribution in [1.29, 1.82) is 0 Å². The number of amides is 1. The van der Waals surface area contributed by atoms with Crippen LogP contribution in [0.15, 0.2) is 18.2 Å². The molecule has 110 valence electrons. The number of methoxy groups -OCH3 is 2. The molecule has 1 aromatic carbocycles. The van der Waals surface area contributed by atoms with Crippen LogP contribution in [0.5, 0.6) is 11.5 Å². The second-order valence-corrected chi connectivity index (χ2v) is 4.62. The molecule has 1 heterocycles. The lowest BCUT2D eigenvalue weighted by molar-refractivity contribution is -0.126. The number of nitrogens with one attached hydrogen (secondary N) is 1. The van der Waals surface area contributed by atoms with Gasteiger partial charge in [-0.15, -0.1) is 0 Å². The smallest absolute Gasteiger partial charge is 0.253 e. The molecule has 1 aromatic rings. The molecule has 1 aliphatic heterocycles. The number of hydrogen-bond acceptors (Lipinski definition) is 5. The number of rotatable bonds is 5. The van der Waals surface area contributed by atoms with Crippen LogP contribution < -0.4 is 20.5 Å². The summed E-state index contributed by atoms with van der Waals surface area (Å²) in [6.45, 7) is 0.445. The van der Waals surface area contributed by atoms with Gasteiger partial charge < -0.3 is 25.3 Å². The molecule has 2 rings (SSSR count). The highest BCUT2D eigenvalue weighted by Gasteiger charge is 2.29. The Bertz CT molecular complexity index is 478. The molecule has 3 N–H and O–H groups in total. The summed E-state index contributed by atoms with van der Waals surface area (Å²) in [6, 6.07) is 5.22. The first kappa shape index (κ1) is 14.6. The number of benzene rings is 1. The van der Waals surface area contributed by atoms with Gasteiger partial charge >= 0.3 is 0 Å². The van der Waals surface area contributed by atoms with Gasteiger partial charge in [0.15, 0.2) is 11.5 Å². The SMILES string of the molecule is COc1ccc(NC(=O)C2CCC(CN)O2)cc1OC. The minimum atomic E-state index is -0.434. The van der Waals surface area contributed by atoms with Gasteiger partial charge in [-0.2, -0.15) is 0 Å². The standard InChI is InChI=1S/C14H20N2O4/c1-18-11-5-3-9(7-13(11)19-2)16-14(17)12-6-4-10(8-15)20-12/h3,5,7,10,12H,4,6,8,15H2,1-2H3,(H,16,17). The van der Waals surface area contributed by atoms with Gasteiger partial charge in [0.25, 0.3) is 5.91 Å². The summed E-state index contributed by atoms with van der Waals surface area (Å²) in [5.74, 6) is 1.02. The number of hydrogen-bond donors (Lipinski definition) is 2. The van der Waals surface area contributed by atoms with E-state index in [4.69, 9.17) is 19.9 Å². The predicted octanol–water partition coefficient (Wildman–Crippen LogP) is 1.15. The third-order valence-corrected chi connectivity index (χ3v) is 3.31. The Kier molecular flexibility index (Phi) is 4.81. The number of nitrogens with two attached hydrogens (primary N) is 1. The Morgan fingerprint density at radius 1 is 1.35 bits per heavy atom. The first-order valence-electron chi connectivity index (χ1n) is 6.56. The van der Waals surface area contributed by atoms with Crippen molar-refractivity contribution in [2.24, 2.45) is 5.73 Å². The van der Waals surface area contributed by atoms with E-state index in [9.17, 15) is 4.79 Å². The van der Waals surface area contributed by atoms with Gasteiger partial charge in [0.05, 0.1) is 20.3 Å². The first-order valence-corrected chi connectivity index (χ1v) is 6.56. The van der Waals surface area contributed by atoms with E-state index in [2.05, 4.69) is 5.32 Å². The van der Waals surface area contributed by atoms with Gasteiger partial charge in [-0.3, -0.25) is 4.79 Å². The normalized spacial score (nSPS) is 21.6. The Morgan fingerprint density at radius 2 is 2.10 bits per heavy atom. The average molecular weight is 280 g/mol. The van der Waals surface area contributed by atoms with Gasteiger partial charge in [-0.1, -0.05) is 0 Å². The molecule has 1 aliphatic rings. The van der Waals surface area contributed by atoms with Crippen LogP contribution in [0.1, 0.15) is 12.8 Å². The van der Waals surface area contributed by atoms with Crippen molar-refractivity contribution in [1.82, 2.24) is 0 Å². The Morgan fingerprint density at radius 3 is 2.70 bits per heavy atom. The summed E-state index contributed by atoms with van der Waals surface area (Å²) in [6.07, 6.45) is 1.06. The molecule has 0 radical (unpaired) electrons. The lowest BCUT2D eigenvalue weighted by Crippen LogP contribution is -2.29. The van der Waals surface area contributed by atoms with Crippen molar-refractivity contribution in [3.05, 3.63) is 18.2 Å². The van der Waals surface area contributed by atoms with Crippen molar-refractivity contribution in [2.45, 2.75) is 25.0 Å². The van der Waals surface area contributed by atoms with E-state index >= 15 is 0 Å². The minimum absolute atomic E-state index is 0.0175. The number of anilines is 1. The van der Waals surface area contributed by atoms with Crippen LogP contribution in [0.25, 0.3) is 0 Å². The first-order chi connectivity index (χ1) is 9.67. The van der Waals surface area contributed by atoms with Crippen LogP contribution in [0.2, 0.25) is 0 Å². The molecule has 0 saturated carbocycles. The van der Waals surface area contributed by atoms with Crippen molar-refractivity contribution in [2.75, 3.05) is 26.1 Å². The second kappa shape index (κ2) is 6.58. The average Bonchev–Trinajstić information content (AvgIpc) is 2.96. The highest BCUT2D eigenvalue weighted by Crippen LogP contribution is 2.30. The van der Waals surface area contributed by atoms with E-state index < -0.39 is 6.10 Å². The van der Waals surface area contributed by atoms with Crippen LogP contribution in [0.4, 0.5) is 5.69 Å². The summed E-state index contributed by atoms with van der Waals surface area (Å²) >= 11 is 0. The molecular formula is C14H20N2O4. The molecule has 0 spiro atoms. The van der Waals surface area contributed by atoms with Crippen LogP contribution in [-0.4, -0.2) is 38.9 Å². The summed E-state index contributed by atoms with van der Waals surface area (Å²) in [5, 5.41) is 2.81. The van der Waals surface area contributed by atoms with E-state index in [0.717, 1.165) is 6.42 Å². The van der Waals surface area contributed by atoms with E-state index in [1.165, 1.54) is 0 Å². The molecule has 6 nitrogen and oxygen atoms in total. The van der Waals surface area contributed by atoms with Crippen molar-refractivity contribution < 1.29 is 19.0 Å². The molecule has 1 saturated heterocycles. The van der Waals surface area contributed by atoms with Gasteiger partial charge in [0.2, 0.25) is 0 Å². The van der Waals surface area contributed by atoms with E-state index in [0.29, 0.717) is 30.2 Å². The zero-order valence-corrected chi connectivity index (χ0v) is 11.7. The molecule has 0 aliphatic carbocycles. The van der Waals surface area contributed by atoms with E-state index in [1.54, 1.807) is 32.4 Å². The lowest BCUT2D eigenvalue weighted by atomic mass is 10.2. The van der Waals surface area contributed by atoms with Crippen molar-refractivity contribution in [3.63, 3.8) is 0 Å². The van der Waals surface area contributed by atoms with E-state index in [1.807, 2.05) is 0 Å². The van der Waals surface area contributed by atoms with Gasteiger partial charge in [0, 0.05) is 18.3 Å². The molecule has 0 bridgehead atoms. The highest BCUT2D eigenvalue weighted by molar-refractivity contribution is 5.94. The highest BCUT2D eigenvalue weighted by atomic mass is 16.5. The third-order valence-electron chi connectivity index (χ3n) is 3.31. The van der Waals surface area contributed by atoms with Crippen LogP contribution >= 0.6 is 0 Å². The van der Waals surface area contributed by atoms with Crippen molar-refractivity contribution >= 4 is 11.6 Å². The Balaban J connectivity index is 2.01. The Labute approximate surface area is 118 Å². The molecule has 2 atom stereocenters. The lowest BCUT2D eigenvalue weighted by Gasteiger charge is -2.14. The van der Waals surface area contributed by atoms with Crippen molar-refractivity contribution in [3.8, 4) is 11.5 Å².